The van der Waals surface area contributed by atoms with Crippen molar-refractivity contribution in [1.29, 1.82) is 0 Å². The Morgan fingerprint density at radius 1 is 1.64 bits per heavy atom. The number of likely N-dealkylation sites (tertiary alicyclic amines) is 1. The zero-order valence-corrected chi connectivity index (χ0v) is 5.99. The molecule has 0 radical (unpaired) electrons. The zero-order valence-electron chi connectivity index (χ0n) is 5.99. The summed E-state index contributed by atoms with van der Waals surface area (Å²) < 4.78 is 0. The predicted molar refractivity (Wildman–Crippen MR) is 36.2 cm³/mol. The minimum Gasteiger partial charge on any atom is -0.465 e. The molecule has 1 N–H and O–H groups in total. The quantitative estimate of drug-likeness (QED) is 0.548. The number of hydrogen-bond donors (Lipinski definition) is 1. The molecule has 0 aromatic rings. The third-order valence-corrected chi connectivity index (χ3v) is 2.55. The molecule has 1 amide bonds. The number of carboxylic acid groups (broad SMARTS) is 1. The van der Waals surface area contributed by atoms with Crippen LogP contribution in [0.4, 0.5) is 4.79 Å². The van der Waals surface area contributed by atoms with Crippen molar-refractivity contribution in [2.24, 2.45) is 5.92 Å². The Bertz CT molecular complexity index is 226. The fourth-order valence-electron chi connectivity index (χ4n) is 1.94. The van der Waals surface area contributed by atoms with Crippen molar-refractivity contribution in [2.45, 2.75) is 18.9 Å². The van der Waals surface area contributed by atoms with Crippen LogP contribution in [0.5, 0.6) is 0 Å². The van der Waals surface area contributed by atoms with Gasteiger partial charge in [0, 0.05) is 18.9 Å². The van der Waals surface area contributed by atoms with E-state index in [0.717, 1.165) is 6.42 Å². The summed E-state index contributed by atoms with van der Waals surface area (Å²) in [4.78, 5) is 22.7. The zero-order chi connectivity index (χ0) is 8.01. The number of amides is 1. The smallest absolute Gasteiger partial charge is 0.407 e. The highest BCUT2D eigenvalue weighted by Gasteiger charge is 2.49. The van der Waals surface area contributed by atoms with E-state index in [1.165, 1.54) is 4.90 Å². The number of fused-ring (bicyclic) bond motifs is 1. The van der Waals surface area contributed by atoms with Gasteiger partial charge in [-0.2, -0.15) is 0 Å². The number of Topliss-reactive ketones (excluding diaryl/α,β-unsaturated/α-hetero) is 1. The molecule has 60 valence electrons. The number of hydrogen-bond acceptors (Lipinski definition) is 2. The third-order valence-electron chi connectivity index (χ3n) is 2.55. The van der Waals surface area contributed by atoms with Crippen LogP contribution in [0.2, 0.25) is 0 Å². The van der Waals surface area contributed by atoms with Gasteiger partial charge in [-0.1, -0.05) is 0 Å². The van der Waals surface area contributed by atoms with Gasteiger partial charge >= 0.3 is 6.09 Å². The molecule has 0 spiro atoms. The van der Waals surface area contributed by atoms with Crippen LogP contribution < -0.4 is 0 Å². The topological polar surface area (TPSA) is 57.6 Å². The Hall–Kier alpha value is -1.06. The minimum atomic E-state index is -0.957. The van der Waals surface area contributed by atoms with Crippen molar-refractivity contribution < 1.29 is 14.7 Å². The highest BCUT2D eigenvalue weighted by Crippen LogP contribution is 2.36. The van der Waals surface area contributed by atoms with E-state index in [1.54, 1.807) is 0 Å². The lowest BCUT2D eigenvalue weighted by Gasteiger charge is -2.40. The molecule has 1 heterocycles. The van der Waals surface area contributed by atoms with Crippen LogP contribution in [0, 0.1) is 5.92 Å². The lowest BCUT2D eigenvalue weighted by molar-refractivity contribution is -0.125. The first-order chi connectivity index (χ1) is 5.20. The van der Waals surface area contributed by atoms with Crippen LogP contribution in [-0.2, 0) is 4.79 Å². The summed E-state index contributed by atoms with van der Waals surface area (Å²) in [7, 11) is 0. The monoisotopic (exact) mass is 155 g/mol. The largest absolute Gasteiger partial charge is 0.465 e. The van der Waals surface area contributed by atoms with Crippen LogP contribution in [0.15, 0.2) is 0 Å². The minimum absolute atomic E-state index is 0.101. The second kappa shape index (κ2) is 1.96. The molecule has 1 aliphatic heterocycles. The van der Waals surface area contributed by atoms with Gasteiger partial charge in [0.25, 0.3) is 0 Å². The van der Waals surface area contributed by atoms with Gasteiger partial charge < -0.3 is 5.11 Å². The van der Waals surface area contributed by atoms with Gasteiger partial charge in [0.2, 0.25) is 0 Å². The molecule has 0 aromatic heterocycles. The summed E-state index contributed by atoms with van der Waals surface area (Å²) in [6.45, 7) is 0.561. The van der Waals surface area contributed by atoms with Crippen molar-refractivity contribution in [2.75, 3.05) is 6.54 Å². The van der Waals surface area contributed by atoms with Gasteiger partial charge in [-0.3, -0.25) is 9.69 Å². The summed E-state index contributed by atoms with van der Waals surface area (Å²) in [5.74, 6) is 0.433. The average Bonchev–Trinajstić information content (AvgIpc) is 2.06. The highest BCUT2D eigenvalue weighted by atomic mass is 16.4. The van der Waals surface area contributed by atoms with Gasteiger partial charge in [0.15, 0.2) is 5.78 Å². The second-order valence-electron chi connectivity index (χ2n) is 3.14. The molecular formula is C7H9NO3. The molecule has 1 aliphatic carbocycles. The predicted octanol–water partition coefficient (Wildman–Crippen LogP) is 0.328. The van der Waals surface area contributed by atoms with Crippen LogP contribution in [0.1, 0.15) is 12.8 Å². The van der Waals surface area contributed by atoms with E-state index in [2.05, 4.69) is 0 Å². The number of rotatable bonds is 0. The Balaban J connectivity index is 2.11. The Morgan fingerprint density at radius 2 is 2.36 bits per heavy atom. The van der Waals surface area contributed by atoms with E-state index in [1.807, 2.05) is 0 Å². The lowest BCUT2D eigenvalue weighted by Crippen LogP contribution is -2.58. The molecule has 4 heteroatoms. The molecule has 0 aromatic carbocycles. The lowest BCUT2D eigenvalue weighted by atomic mass is 9.92. The van der Waals surface area contributed by atoms with E-state index in [9.17, 15) is 9.59 Å². The molecule has 2 fully saturated rings. The van der Waals surface area contributed by atoms with E-state index < -0.39 is 6.09 Å². The van der Waals surface area contributed by atoms with Crippen LogP contribution in [-0.4, -0.2) is 34.5 Å². The second-order valence-corrected chi connectivity index (χ2v) is 3.14. The van der Waals surface area contributed by atoms with Crippen molar-refractivity contribution in [3.8, 4) is 0 Å². The Kier molecular flexibility index (Phi) is 1.19. The first-order valence-corrected chi connectivity index (χ1v) is 3.72. The summed E-state index contributed by atoms with van der Waals surface area (Å²) >= 11 is 0. The van der Waals surface area contributed by atoms with Crippen molar-refractivity contribution in [3.05, 3.63) is 0 Å². The standard InChI is InChI=1S/C7H9NO3/c9-5-2-1-4-3-8(6(4)5)7(10)11/h4,6H,1-3H2,(H,10,11)/t4-,6+/m0/s1. The number of carbonyl (C=O) groups excluding carboxylic acids is 1. The van der Waals surface area contributed by atoms with Crippen LogP contribution in [0.3, 0.4) is 0 Å². The fourth-order valence-corrected chi connectivity index (χ4v) is 1.94. The molecule has 4 nitrogen and oxygen atoms in total. The third kappa shape index (κ3) is 0.751. The van der Waals surface area contributed by atoms with E-state index >= 15 is 0 Å². The fraction of sp³-hybridized carbons (Fsp3) is 0.714. The molecule has 1 saturated carbocycles. The van der Waals surface area contributed by atoms with Crippen molar-refractivity contribution in [1.82, 2.24) is 4.90 Å². The van der Waals surface area contributed by atoms with Gasteiger partial charge in [-0.25, -0.2) is 4.79 Å². The first kappa shape index (κ1) is 6.64. The molecule has 2 atom stereocenters. The van der Waals surface area contributed by atoms with Crippen LogP contribution in [0.25, 0.3) is 0 Å². The van der Waals surface area contributed by atoms with Gasteiger partial charge in [0.1, 0.15) is 0 Å². The maximum atomic E-state index is 11.0. The van der Waals surface area contributed by atoms with Gasteiger partial charge in [-0.05, 0) is 6.42 Å². The summed E-state index contributed by atoms with van der Waals surface area (Å²) in [6, 6.07) is -0.285. The molecule has 1 saturated heterocycles. The molecule has 0 bridgehead atoms. The van der Waals surface area contributed by atoms with Gasteiger partial charge in [-0.15, -0.1) is 0 Å². The summed E-state index contributed by atoms with van der Waals surface area (Å²) in [5, 5.41) is 8.57. The average molecular weight is 155 g/mol. The first-order valence-electron chi connectivity index (χ1n) is 3.72. The van der Waals surface area contributed by atoms with Crippen molar-refractivity contribution >= 4 is 11.9 Å². The normalized spacial score (nSPS) is 34.9. The molecule has 2 aliphatic rings. The van der Waals surface area contributed by atoms with E-state index in [0.29, 0.717) is 18.9 Å². The molecule has 0 unspecified atom stereocenters. The van der Waals surface area contributed by atoms with Gasteiger partial charge in [0.05, 0.1) is 6.04 Å². The Morgan fingerprint density at radius 3 is 2.91 bits per heavy atom. The summed E-state index contributed by atoms with van der Waals surface area (Å²) in [6.07, 6.45) is 0.494. The maximum absolute atomic E-state index is 11.0. The maximum Gasteiger partial charge on any atom is 0.407 e. The molecule has 11 heavy (non-hydrogen) atoms. The Labute approximate surface area is 63.8 Å². The molecule has 2 rings (SSSR count). The number of carbonyl (C=O) groups is 2. The molecular weight excluding hydrogens is 146 g/mol. The number of nitrogens with zero attached hydrogens (tertiary/aromatic N) is 1. The van der Waals surface area contributed by atoms with Crippen LogP contribution >= 0.6 is 0 Å². The number of ketones is 1. The van der Waals surface area contributed by atoms with E-state index in [-0.39, 0.29) is 11.8 Å². The highest BCUT2D eigenvalue weighted by molar-refractivity contribution is 5.91. The van der Waals surface area contributed by atoms with Crippen molar-refractivity contribution in [3.63, 3.8) is 0 Å². The summed E-state index contributed by atoms with van der Waals surface area (Å²) in [5.41, 5.74) is 0. The van der Waals surface area contributed by atoms with E-state index in [4.69, 9.17) is 5.11 Å². The SMILES string of the molecule is O=C1CC[C@H]2CN(C(=O)O)[C@@H]12.